The summed E-state index contributed by atoms with van der Waals surface area (Å²) in [6, 6.07) is 0. The van der Waals surface area contributed by atoms with Crippen LogP contribution in [0.2, 0.25) is 0 Å². The molecule has 0 heterocycles. The molecule has 0 rings (SSSR count). The minimum atomic E-state index is -1.14. The zero-order valence-electron chi connectivity index (χ0n) is 12.9. The number of hydrogen-bond acceptors (Lipinski definition) is 3. The zero-order valence-corrected chi connectivity index (χ0v) is 12.9. The van der Waals surface area contributed by atoms with Crippen molar-refractivity contribution in [1.29, 1.82) is 0 Å². The average Bonchev–Trinajstić information content (AvgIpc) is 2.38. The molecule has 0 aromatic heterocycles. The molecule has 1 atom stereocenters. The number of esters is 1. The summed E-state index contributed by atoms with van der Waals surface area (Å²) in [7, 11) is 0. The van der Waals surface area contributed by atoms with Crippen molar-refractivity contribution >= 4 is 11.9 Å². The summed E-state index contributed by atoms with van der Waals surface area (Å²) >= 11 is 0. The van der Waals surface area contributed by atoms with Gasteiger partial charge in [0.2, 0.25) is 0 Å². The molecule has 1 unspecified atom stereocenters. The fraction of sp³-hybridized carbons (Fsp3) is 0.750. The quantitative estimate of drug-likeness (QED) is 0.354. The Morgan fingerprint density at radius 1 is 1.05 bits per heavy atom. The second kappa shape index (κ2) is 11.5. The molecule has 0 amide bonds. The van der Waals surface area contributed by atoms with Crippen molar-refractivity contribution in [3.8, 4) is 0 Å². The number of unbranched alkanes of at least 4 members (excludes halogenated alkanes) is 3. The molecule has 20 heavy (non-hydrogen) atoms. The van der Waals surface area contributed by atoms with Crippen molar-refractivity contribution in [1.82, 2.24) is 0 Å². The molecule has 0 saturated carbocycles. The van der Waals surface area contributed by atoms with E-state index in [4.69, 9.17) is 9.84 Å². The summed E-state index contributed by atoms with van der Waals surface area (Å²) in [6.07, 6.45) is 8.99. The molecule has 0 aromatic rings. The summed E-state index contributed by atoms with van der Waals surface area (Å²) in [4.78, 5) is 21.9. The minimum absolute atomic E-state index is 0.0970. The maximum atomic E-state index is 11.5. The van der Waals surface area contributed by atoms with Gasteiger partial charge in [-0.1, -0.05) is 40.0 Å². The highest BCUT2D eigenvalue weighted by atomic mass is 16.5. The molecule has 116 valence electrons. The van der Waals surface area contributed by atoms with Gasteiger partial charge >= 0.3 is 11.9 Å². The third-order valence-electron chi connectivity index (χ3n) is 3.09. The van der Waals surface area contributed by atoms with Crippen molar-refractivity contribution in [3.63, 3.8) is 0 Å². The van der Waals surface area contributed by atoms with E-state index in [0.29, 0.717) is 5.92 Å². The Kier molecular flexibility index (Phi) is 10.7. The number of carboxylic acid groups (broad SMARTS) is 1. The van der Waals surface area contributed by atoms with E-state index in [1.165, 1.54) is 12.8 Å². The highest BCUT2D eigenvalue weighted by Gasteiger charge is 2.13. The predicted molar refractivity (Wildman–Crippen MR) is 79.5 cm³/mol. The van der Waals surface area contributed by atoms with Crippen molar-refractivity contribution in [2.45, 2.75) is 71.8 Å². The Balaban J connectivity index is 4.21. The standard InChI is InChI=1S/C16H28O4/c1-4-5-6-7-8-14(10-9-13(2)3)20-16(19)12-11-15(17)18/h11-14H,4-10H2,1-3H3,(H,17,18)/b12-11-. The average molecular weight is 284 g/mol. The van der Waals surface area contributed by atoms with E-state index in [-0.39, 0.29) is 6.10 Å². The van der Waals surface area contributed by atoms with Crippen LogP contribution in [0.25, 0.3) is 0 Å². The van der Waals surface area contributed by atoms with Gasteiger partial charge in [0.1, 0.15) is 6.10 Å². The van der Waals surface area contributed by atoms with E-state index in [2.05, 4.69) is 20.8 Å². The van der Waals surface area contributed by atoms with Crippen LogP contribution >= 0.6 is 0 Å². The van der Waals surface area contributed by atoms with E-state index in [9.17, 15) is 9.59 Å². The molecule has 0 spiro atoms. The van der Waals surface area contributed by atoms with Crippen LogP contribution in [-0.4, -0.2) is 23.1 Å². The number of carboxylic acids is 1. The van der Waals surface area contributed by atoms with Crippen LogP contribution in [0.5, 0.6) is 0 Å². The van der Waals surface area contributed by atoms with Gasteiger partial charge in [-0.2, -0.15) is 0 Å². The van der Waals surface area contributed by atoms with Gasteiger partial charge in [-0.25, -0.2) is 9.59 Å². The smallest absolute Gasteiger partial charge is 0.331 e. The minimum Gasteiger partial charge on any atom is -0.478 e. The Morgan fingerprint density at radius 3 is 2.30 bits per heavy atom. The zero-order chi connectivity index (χ0) is 15.4. The van der Waals surface area contributed by atoms with Crippen LogP contribution < -0.4 is 0 Å². The van der Waals surface area contributed by atoms with Gasteiger partial charge in [-0.05, 0) is 31.6 Å². The van der Waals surface area contributed by atoms with Gasteiger partial charge in [0.25, 0.3) is 0 Å². The lowest BCUT2D eigenvalue weighted by Gasteiger charge is -2.18. The van der Waals surface area contributed by atoms with Crippen LogP contribution in [0, 0.1) is 5.92 Å². The fourth-order valence-electron chi connectivity index (χ4n) is 1.92. The van der Waals surface area contributed by atoms with Gasteiger partial charge in [0.05, 0.1) is 0 Å². The third-order valence-corrected chi connectivity index (χ3v) is 3.09. The highest BCUT2D eigenvalue weighted by Crippen LogP contribution is 2.16. The molecule has 1 N–H and O–H groups in total. The molecule has 0 fully saturated rings. The van der Waals surface area contributed by atoms with Gasteiger partial charge in [0, 0.05) is 12.2 Å². The first-order valence-electron chi connectivity index (χ1n) is 7.57. The van der Waals surface area contributed by atoms with Crippen molar-refractivity contribution in [2.24, 2.45) is 5.92 Å². The van der Waals surface area contributed by atoms with E-state index >= 15 is 0 Å². The lowest BCUT2D eigenvalue weighted by Crippen LogP contribution is -2.18. The summed E-state index contributed by atoms with van der Waals surface area (Å²) in [6.45, 7) is 6.44. The number of carbonyl (C=O) groups is 2. The van der Waals surface area contributed by atoms with E-state index in [1.807, 2.05) is 0 Å². The van der Waals surface area contributed by atoms with Crippen molar-refractivity contribution < 1.29 is 19.4 Å². The molecule has 0 radical (unpaired) electrons. The summed E-state index contributed by atoms with van der Waals surface area (Å²) in [5.74, 6) is -1.12. The topological polar surface area (TPSA) is 63.6 Å². The van der Waals surface area contributed by atoms with E-state index in [1.54, 1.807) is 0 Å². The Labute approximate surface area is 122 Å². The summed E-state index contributed by atoms with van der Waals surface area (Å²) in [5.41, 5.74) is 0. The number of carbonyl (C=O) groups excluding carboxylic acids is 1. The Morgan fingerprint density at radius 2 is 1.75 bits per heavy atom. The molecule has 4 heteroatoms. The molecular weight excluding hydrogens is 256 g/mol. The van der Waals surface area contributed by atoms with Crippen molar-refractivity contribution in [2.75, 3.05) is 0 Å². The molecule has 4 nitrogen and oxygen atoms in total. The van der Waals surface area contributed by atoms with Gasteiger partial charge in [0.15, 0.2) is 0 Å². The summed E-state index contributed by atoms with van der Waals surface area (Å²) < 4.78 is 5.34. The van der Waals surface area contributed by atoms with Gasteiger partial charge in [-0.15, -0.1) is 0 Å². The number of ether oxygens (including phenoxy) is 1. The third kappa shape index (κ3) is 11.8. The number of aliphatic carboxylic acids is 1. The molecule has 0 aliphatic rings. The number of hydrogen-bond donors (Lipinski definition) is 1. The fourth-order valence-corrected chi connectivity index (χ4v) is 1.92. The molecule has 0 bridgehead atoms. The number of rotatable bonds is 11. The molecule has 0 aliphatic heterocycles. The van der Waals surface area contributed by atoms with Crippen LogP contribution in [0.1, 0.15) is 65.7 Å². The maximum Gasteiger partial charge on any atom is 0.331 e. The highest BCUT2D eigenvalue weighted by molar-refractivity contribution is 5.90. The lowest BCUT2D eigenvalue weighted by molar-refractivity contribution is -0.144. The first-order chi connectivity index (χ1) is 9.45. The first-order valence-corrected chi connectivity index (χ1v) is 7.57. The molecule has 0 aromatic carbocycles. The lowest BCUT2D eigenvalue weighted by atomic mass is 10.0. The Bertz CT molecular complexity index is 308. The van der Waals surface area contributed by atoms with Gasteiger partial charge in [-0.3, -0.25) is 0 Å². The van der Waals surface area contributed by atoms with E-state index < -0.39 is 11.9 Å². The van der Waals surface area contributed by atoms with Crippen molar-refractivity contribution in [3.05, 3.63) is 12.2 Å². The Hall–Kier alpha value is -1.32. The first kappa shape index (κ1) is 18.7. The van der Waals surface area contributed by atoms with Crippen LogP contribution in [0.3, 0.4) is 0 Å². The molecule has 0 aliphatic carbocycles. The normalized spacial score (nSPS) is 12.8. The van der Waals surface area contributed by atoms with E-state index in [0.717, 1.165) is 44.3 Å². The second-order valence-electron chi connectivity index (χ2n) is 5.55. The molecule has 0 saturated heterocycles. The maximum absolute atomic E-state index is 11.5. The van der Waals surface area contributed by atoms with Crippen LogP contribution in [0.4, 0.5) is 0 Å². The predicted octanol–water partition coefficient (Wildman–Crippen LogP) is 3.95. The SMILES string of the molecule is CCCCCCC(CCC(C)C)OC(=O)/C=C\C(=O)O. The van der Waals surface area contributed by atoms with Gasteiger partial charge < -0.3 is 9.84 Å². The summed E-state index contributed by atoms with van der Waals surface area (Å²) in [5, 5.41) is 8.48. The largest absolute Gasteiger partial charge is 0.478 e. The molecular formula is C16H28O4. The van der Waals surface area contributed by atoms with Crippen LogP contribution in [0.15, 0.2) is 12.2 Å². The second-order valence-corrected chi connectivity index (χ2v) is 5.55. The van der Waals surface area contributed by atoms with Crippen LogP contribution in [-0.2, 0) is 14.3 Å². The monoisotopic (exact) mass is 284 g/mol.